The lowest BCUT2D eigenvalue weighted by atomic mass is 9.75. The average molecular weight is 434 g/mol. The fourth-order valence-electron chi connectivity index (χ4n) is 3.93. The molecule has 0 spiro atoms. The molecule has 0 heterocycles. The molecular formula is C28H29F2NO. The number of benzene rings is 3. The van der Waals surface area contributed by atoms with E-state index in [0.29, 0.717) is 18.0 Å². The third kappa shape index (κ3) is 5.68. The van der Waals surface area contributed by atoms with Gasteiger partial charge >= 0.3 is 0 Å². The van der Waals surface area contributed by atoms with Gasteiger partial charge in [0, 0.05) is 5.69 Å². The molecule has 1 atom stereocenters. The molecule has 0 saturated heterocycles. The quantitative estimate of drug-likeness (QED) is 0.336. The number of hydrogen-bond acceptors (Lipinski definition) is 2. The zero-order chi connectivity index (χ0) is 23.0. The summed E-state index contributed by atoms with van der Waals surface area (Å²) in [6.45, 7) is 4.70. The highest BCUT2D eigenvalue weighted by molar-refractivity contribution is 5.60. The Kier molecular flexibility index (Phi) is 7.89. The number of rotatable bonds is 10. The summed E-state index contributed by atoms with van der Waals surface area (Å²) in [5.41, 5.74) is 2.79. The number of halogens is 2. The number of nitrogens with one attached hydrogen (secondary N) is 1. The molecule has 0 aliphatic rings. The number of anilines is 2. The summed E-state index contributed by atoms with van der Waals surface area (Å²) >= 11 is 0. The van der Waals surface area contributed by atoms with Crippen LogP contribution in [0.2, 0.25) is 0 Å². The minimum absolute atomic E-state index is 0.328. The summed E-state index contributed by atoms with van der Waals surface area (Å²) in [7, 11) is 0. The Balaban J connectivity index is 1.68. The second-order valence-electron chi connectivity index (χ2n) is 7.84. The monoisotopic (exact) mass is 433 g/mol. The van der Waals surface area contributed by atoms with Crippen LogP contribution in [-0.4, -0.2) is 6.61 Å². The predicted molar refractivity (Wildman–Crippen MR) is 127 cm³/mol. The average Bonchev–Trinajstić information content (AvgIpc) is 2.81. The summed E-state index contributed by atoms with van der Waals surface area (Å²) in [5.74, 6) is 3.20. The summed E-state index contributed by atoms with van der Waals surface area (Å²) in [4.78, 5) is 0. The van der Waals surface area contributed by atoms with Crippen molar-refractivity contribution in [3.05, 3.63) is 89.5 Å². The first-order valence-corrected chi connectivity index (χ1v) is 11.0. The zero-order valence-electron chi connectivity index (χ0n) is 18.6. The van der Waals surface area contributed by atoms with E-state index in [2.05, 4.69) is 30.3 Å². The smallest absolute Gasteiger partial charge is 0.146 e. The maximum Gasteiger partial charge on any atom is 0.146 e. The Labute approximate surface area is 189 Å². The van der Waals surface area contributed by atoms with Crippen LogP contribution in [0.4, 0.5) is 20.2 Å². The van der Waals surface area contributed by atoms with E-state index in [9.17, 15) is 8.78 Å². The van der Waals surface area contributed by atoms with E-state index in [-0.39, 0.29) is 17.0 Å². The number of aryl methyl sites for hydroxylation is 1. The van der Waals surface area contributed by atoms with Gasteiger partial charge in [0.15, 0.2) is 0 Å². The van der Waals surface area contributed by atoms with E-state index in [4.69, 9.17) is 11.2 Å². The van der Waals surface area contributed by atoms with Crippen LogP contribution in [0.1, 0.15) is 44.2 Å². The number of terminal acetylenes is 1. The van der Waals surface area contributed by atoms with Crippen molar-refractivity contribution in [3.8, 4) is 18.1 Å². The first-order chi connectivity index (χ1) is 15.5. The summed E-state index contributed by atoms with van der Waals surface area (Å²) < 4.78 is 33.0. The van der Waals surface area contributed by atoms with Crippen molar-refractivity contribution in [2.45, 2.75) is 44.9 Å². The topological polar surface area (TPSA) is 21.3 Å². The SMILES string of the molecule is C#CC(CC)(CCCc1ccc(F)c(Nc2ccc(F)cc2)c1)c1ccc(OCC)cc1. The highest BCUT2D eigenvalue weighted by Crippen LogP contribution is 2.34. The van der Waals surface area contributed by atoms with Crippen LogP contribution < -0.4 is 10.1 Å². The van der Waals surface area contributed by atoms with Crippen LogP contribution in [0.3, 0.4) is 0 Å². The highest BCUT2D eigenvalue weighted by Gasteiger charge is 2.27. The Hall–Kier alpha value is -3.32. The fourth-order valence-corrected chi connectivity index (χ4v) is 3.93. The maximum absolute atomic E-state index is 14.3. The van der Waals surface area contributed by atoms with Gasteiger partial charge < -0.3 is 10.1 Å². The molecule has 3 aromatic rings. The van der Waals surface area contributed by atoms with Crippen molar-refractivity contribution in [2.24, 2.45) is 0 Å². The normalized spacial score (nSPS) is 12.6. The molecule has 3 rings (SSSR count). The van der Waals surface area contributed by atoms with Gasteiger partial charge in [-0.1, -0.05) is 31.0 Å². The molecule has 0 aliphatic carbocycles. The van der Waals surface area contributed by atoms with E-state index in [1.165, 1.54) is 18.2 Å². The van der Waals surface area contributed by atoms with Crippen LogP contribution in [0.5, 0.6) is 5.75 Å². The Morgan fingerprint density at radius 2 is 1.69 bits per heavy atom. The molecule has 32 heavy (non-hydrogen) atoms. The fraction of sp³-hybridized carbons (Fsp3) is 0.286. The largest absolute Gasteiger partial charge is 0.494 e. The third-order valence-electron chi connectivity index (χ3n) is 5.82. The minimum atomic E-state index is -0.348. The van der Waals surface area contributed by atoms with E-state index in [1.807, 2.05) is 19.1 Å². The molecule has 0 bridgehead atoms. The van der Waals surface area contributed by atoms with Gasteiger partial charge in [-0.3, -0.25) is 0 Å². The maximum atomic E-state index is 14.3. The minimum Gasteiger partial charge on any atom is -0.494 e. The second-order valence-corrected chi connectivity index (χ2v) is 7.84. The van der Waals surface area contributed by atoms with Gasteiger partial charge in [0.05, 0.1) is 17.7 Å². The molecule has 1 unspecified atom stereocenters. The molecule has 0 aliphatic heterocycles. The first-order valence-electron chi connectivity index (χ1n) is 11.0. The van der Waals surface area contributed by atoms with Crippen molar-refractivity contribution >= 4 is 11.4 Å². The van der Waals surface area contributed by atoms with Crippen molar-refractivity contribution in [1.29, 1.82) is 0 Å². The lowest BCUT2D eigenvalue weighted by Crippen LogP contribution is -2.23. The molecule has 0 radical (unpaired) electrons. The van der Waals surface area contributed by atoms with Crippen LogP contribution >= 0.6 is 0 Å². The van der Waals surface area contributed by atoms with E-state index in [0.717, 1.165) is 42.6 Å². The van der Waals surface area contributed by atoms with Crippen LogP contribution in [0.25, 0.3) is 0 Å². The molecule has 0 saturated carbocycles. The zero-order valence-corrected chi connectivity index (χ0v) is 18.6. The Morgan fingerprint density at radius 1 is 0.969 bits per heavy atom. The molecular weight excluding hydrogens is 404 g/mol. The van der Waals surface area contributed by atoms with Gasteiger partial charge in [0.1, 0.15) is 17.4 Å². The molecule has 0 fully saturated rings. The van der Waals surface area contributed by atoms with Crippen molar-refractivity contribution in [3.63, 3.8) is 0 Å². The second kappa shape index (κ2) is 10.8. The Bertz CT molecular complexity index is 1050. The molecule has 166 valence electrons. The van der Waals surface area contributed by atoms with Crippen molar-refractivity contribution < 1.29 is 13.5 Å². The summed E-state index contributed by atoms with van der Waals surface area (Å²) in [6.07, 6.45) is 9.30. The van der Waals surface area contributed by atoms with Crippen LogP contribution in [0.15, 0.2) is 66.7 Å². The standard InChI is InChI=1S/C28H29F2NO/c1-4-28(5-2,22-10-16-25(17-11-22)32-6-3)19-7-8-21-9-18-26(30)27(20-21)31-24-14-12-23(29)13-15-24/h1,9-18,20,31H,5-8,19H2,2-3H3. The lowest BCUT2D eigenvalue weighted by molar-refractivity contribution is 0.340. The summed E-state index contributed by atoms with van der Waals surface area (Å²) in [6, 6.07) is 19.0. The first kappa shape index (κ1) is 23.3. The van der Waals surface area contributed by atoms with Gasteiger partial charge in [-0.2, -0.15) is 0 Å². The molecule has 2 nitrogen and oxygen atoms in total. The highest BCUT2D eigenvalue weighted by atomic mass is 19.1. The molecule has 3 aromatic carbocycles. The predicted octanol–water partition coefficient (Wildman–Crippen LogP) is 7.41. The van der Waals surface area contributed by atoms with E-state index >= 15 is 0 Å². The Morgan fingerprint density at radius 3 is 2.31 bits per heavy atom. The number of ether oxygens (including phenoxy) is 1. The third-order valence-corrected chi connectivity index (χ3v) is 5.82. The van der Waals surface area contributed by atoms with Gasteiger partial charge in [-0.05, 0) is 92.3 Å². The van der Waals surface area contributed by atoms with Gasteiger partial charge in [-0.15, -0.1) is 6.42 Å². The molecule has 0 amide bonds. The van der Waals surface area contributed by atoms with Crippen molar-refractivity contribution in [2.75, 3.05) is 11.9 Å². The van der Waals surface area contributed by atoms with Gasteiger partial charge in [0.25, 0.3) is 0 Å². The van der Waals surface area contributed by atoms with Gasteiger partial charge in [0.2, 0.25) is 0 Å². The summed E-state index contributed by atoms with van der Waals surface area (Å²) in [5, 5.41) is 3.02. The molecule has 1 N–H and O–H groups in total. The van der Waals surface area contributed by atoms with Crippen LogP contribution in [-0.2, 0) is 11.8 Å². The van der Waals surface area contributed by atoms with E-state index in [1.54, 1.807) is 24.3 Å². The molecule has 4 heteroatoms. The van der Waals surface area contributed by atoms with Crippen molar-refractivity contribution in [1.82, 2.24) is 0 Å². The lowest BCUT2D eigenvalue weighted by Gasteiger charge is -2.28. The number of hydrogen-bond donors (Lipinski definition) is 1. The van der Waals surface area contributed by atoms with Gasteiger partial charge in [-0.25, -0.2) is 8.78 Å². The van der Waals surface area contributed by atoms with E-state index < -0.39 is 0 Å². The van der Waals surface area contributed by atoms with Crippen LogP contribution in [0, 0.1) is 24.0 Å². The molecule has 0 aromatic heterocycles.